The van der Waals surface area contributed by atoms with Crippen LogP contribution in [-0.2, 0) is 0 Å². The first-order chi connectivity index (χ1) is 5.77. The van der Waals surface area contributed by atoms with Gasteiger partial charge in [-0.15, -0.1) is 0 Å². The van der Waals surface area contributed by atoms with E-state index in [-0.39, 0.29) is 11.6 Å². The van der Waals surface area contributed by atoms with Gasteiger partial charge in [-0.05, 0) is 12.1 Å². The summed E-state index contributed by atoms with van der Waals surface area (Å²) in [4.78, 5) is 12.7. The van der Waals surface area contributed by atoms with E-state index in [0.29, 0.717) is 5.76 Å². The molecule has 2 aromatic heterocycles. The number of hydrogen-bond donors (Lipinski definition) is 2. The van der Waals surface area contributed by atoms with Gasteiger partial charge in [0.05, 0.1) is 6.26 Å². The maximum atomic E-state index is 10.6. The van der Waals surface area contributed by atoms with Crippen LogP contribution in [0, 0.1) is 0 Å². The van der Waals surface area contributed by atoms with E-state index in [4.69, 9.17) is 9.52 Å². The monoisotopic (exact) mass is 167 g/mol. The normalized spacial score (nSPS) is 10.3. The van der Waals surface area contributed by atoms with E-state index in [0.717, 1.165) is 0 Å². The summed E-state index contributed by atoms with van der Waals surface area (Å²) in [5.41, 5.74) is 0. The molecule has 2 rings (SSSR count). The molecule has 2 aromatic rings. The van der Waals surface area contributed by atoms with E-state index >= 15 is 0 Å². The van der Waals surface area contributed by atoms with Crippen LogP contribution in [0.4, 0.5) is 0 Å². The molecule has 0 radical (unpaired) electrons. The number of aromatic amines is 1. The van der Waals surface area contributed by atoms with E-state index in [1.54, 1.807) is 12.1 Å². The Bertz CT molecular complexity index is 422. The van der Waals surface area contributed by atoms with Gasteiger partial charge in [0.1, 0.15) is 0 Å². The van der Waals surface area contributed by atoms with Gasteiger partial charge in [-0.1, -0.05) is 0 Å². The highest BCUT2D eigenvalue weighted by Gasteiger charge is 2.12. The highest BCUT2D eigenvalue weighted by molar-refractivity contribution is 5.54. The molecule has 2 heterocycles. The molecule has 0 amide bonds. The van der Waals surface area contributed by atoms with Gasteiger partial charge in [0, 0.05) is 0 Å². The molecule has 5 nitrogen and oxygen atoms in total. The summed E-state index contributed by atoms with van der Waals surface area (Å²) in [5, 5.41) is 9.09. The number of hydrogen-bond acceptors (Lipinski definition) is 4. The highest BCUT2D eigenvalue weighted by Crippen LogP contribution is 2.25. The fourth-order valence-corrected chi connectivity index (χ4v) is 0.895. The lowest BCUT2D eigenvalue weighted by atomic mass is 10.4. The van der Waals surface area contributed by atoms with E-state index in [1.165, 1.54) is 6.26 Å². The fraction of sp³-hybridized carbons (Fsp3) is 0. The molecule has 0 saturated carbocycles. The average molecular weight is 167 g/mol. The molecule has 0 aliphatic rings. The molecule has 0 aromatic carbocycles. The summed E-state index contributed by atoms with van der Waals surface area (Å²) in [6.07, 6.45) is 1.42. The SMILES string of the molecule is O=c1[nH]c(O)c(-c2ccco2)o1. The van der Waals surface area contributed by atoms with Crippen molar-refractivity contribution in [1.82, 2.24) is 4.98 Å². The van der Waals surface area contributed by atoms with Crippen LogP contribution in [0.5, 0.6) is 5.88 Å². The Morgan fingerprint density at radius 3 is 2.83 bits per heavy atom. The number of oxazole rings is 1. The van der Waals surface area contributed by atoms with Crippen molar-refractivity contribution in [3.8, 4) is 17.4 Å². The number of aromatic nitrogens is 1. The van der Waals surface area contributed by atoms with Crippen LogP contribution in [0.25, 0.3) is 11.5 Å². The van der Waals surface area contributed by atoms with Crippen LogP contribution in [0.1, 0.15) is 0 Å². The number of rotatable bonds is 1. The second-order valence-corrected chi connectivity index (χ2v) is 2.17. The molecule has 62 valence electrons. The maximum absolute atomic E-state index is 10.6. The zero-order valence-corrected chi connectivity index (χ0v) is 5.90. The second kappa shape index (κ2) is 2.30. The van der Waals surface area contributed by atoms with Crippen molar-refractivity contribution in [2.75, 3.05) is 0 Å². The van der Waals surface area contributed by atoms with Crippen molar-refractivity contribution in [3.05, 3.63) is 28.9 Å². The topological polar surface area (TPSA) is 79.4 Å². The van der Waals surface area contributed by atoms with Gasteiger partial charge in [-0.25, -0.2) is 4.79 Å². The van der Waals surface area contributed by atoms with Crippen LogP contribution in [0.15, 0.2) is 32.0 Å². The van der Waals surface area contributed by atoms with Crippen molar-refractivity contribution >= 4 is 0 Å². The van der Waals surface area contributed by atoms with E-state index in [2.05, 4.69) is 9.40 Å². The quantitative estimate of drug-likeness (QED) is 0.662. The molecule has 0 aliphatic heterocycles. The zero-order chi connectivity index (χ0) is 8.55. The number of H-pyrrole nitrogens is 1. The number of aromatic hydroxyl groups is 1. The summed E-state index contributed by atoms with van der Waals surface area (Å²) in [6.45, 7) is 0. The van der Waals surface area contributed by atoms with Gasteiger partial charge in [0.2, 0.25) is 11.6 Å². The molecule has 0 unspecified atom stereocenters. The third-order valence-corrected chi connectivity index (χ3v) is 1.38. The van der Waals surface area contributed by atoms with E-state index in [9.17, 15) is 4.79 Å². The minimum Gasteiger partial charge on any atom is -0.492 e. The van der Waals surface area contributed by atoms with Crippen molar-refractivity contribution in [1.29, 1.82) is 0 Å². The summed E-state index contributed by atoms with van der Waals surface area (Å²) < 4.78 is 9.50. The van der Waals surface area contributed by atoms with Crippen molar-refractivity contribution < 1.29 is 13.9 Å². The lowest BCUT2D eigenvalue weighted by Crippen LogP contribution is -1.92. The third-order valence-electron chi connectivity index (χ3n) is 1.38. The molecule has 5 heteroatoms. The number of furan rings is 1. The molecule has 0 bridgehead atoms. The summed E-state index contributed by atoms with van der Waals surface area (Å²) in [5.74, 6) is -0.704. The summed E-state index contributed by atoms with van der Waals surface area (Å²) in [6, 6.07) is 3.20. The number of nitrogens with one attached hydrogen (secondary N) is 1. The van der Waals surface area contributed by atoms with Gasteiger partial charge in [0.15, 0.2) is 5.76 Å². The predicted molar refractivity (Wildman–Crippen MR) is 38.7 cm³/mol. The van der Waals surface area contributed by atoms with Crippen LogP contribution in [-0.4, -0.2) is 10.1 Å². The van der Waals surface area contributed by atoms with Crippen molar-refractivity contribution in [3.63, 3.8) is 0 Å². The van der Waals surface area contributed by atoms with Crippen LogP contribution in [0.3, 0.4) is 0 Å². The lowest BCUT2D eigenvalue weighted by Gasteiger charge is -1.87. The van der Waals surface area contributed by atoms with Crippen molar-refractivity contribution in [2.45, 2.75) is 0 Å². The summed E-state index contributed by atoms with van der Waals surface area (Å²) >= 11 is 0. The fourth-order valence-electron chi connectivity index (χ4n) is 0.895. The lowest BCUT2D eigenvalue weighted by molar-refractivity contribution is 0.444. The van der Waals surface area contributed by atoms with Crippen molar-refractivity contribution in [2.24, 2.45) is 0 Å². The van der Waals surface area contributed by atoms with Crippen LogP contribution in [0.2, 0.25) is 0 Å². The van der Waals surface area contributed by atoms with Crippen LogP contribution >= 0.6 is 0 Å². The van der Waals surface area contributed by atoms with Gasteiger partial charge >= 0.3 is 5.76 Å². The first-order valence-corrected chi connectivity index (χ1v) is 3.23. The van der Waals surface area contributed by atoms with E-state index in [1.807, 2.05) is 0 Å². The van der Waals surface area contributed by atoms with Crippen LogP contribution < -0.4 is 5.76 Å². The molecule has 0 spiro atoms. The maximum Gasteiger partial charge on any atom is 0.419 e. The van der Waals surface area contributed by atoms with Gasteiger partial charge in [-0.3, -0.25) is 4.98 Å². The van der Waals surface area contributed by atoms with Gasteiger partial charge in [0.25, 0.3) is 0 Å². The predicted octanol–water partition coefficient (Wildman–Crippen LogP) is 0.933. The molecule has 12 heavy (non-hydrogen) atoms. The Morgan fingerprint density at radius 1 is 1.50 bits per heavy atom. The largest absolute Gasteiger partial charge is 0.492 e. The Morgan fingerprint density at radius 2 is 2.33 bits per heavy atom. The average Bonchev–Trinajstić information content (AvgIpc) is 2.58. The first kappa shape index (κ1) is 6.78. The Kier molecular flexibility index (Phi) is 1.30. The van der Waals surface area contributed by atoms with E-state index < -0.39 is 5.76 Å². The molecular weight excluding hydrogens is 162 g/mol. The third kappa shape index (κ3) is 0.914. The smallest absolute Gasteiger partial charge is 0.419 e. The molecule has 2 N–H and O–H groups in total. The second-order valence-electron chi connectivity index (χ2n) is 2.17. The van der Waals surface area contributed by atoms with Gasteiger partial charge in [-0.2, -0.15) is 0 Å². The molecular formula is C7H5NO4. The standard InChI is InChI=1S/C7H5NO4/c9-6-5(12-7(10)8-6)4-2-1-3-11-4/h1-3,9H,(H,8,10). The Hall–Kier alpha value is -1.91. The zero-order valence-electron chi connectivity index (χ0n) is 5.90. The highest BCUT2D eigenvalue weighted by atomic mass is 16.4. The Balaban J connectivity index is 2.61. The summed E-state index contributed by atoms with van der Waals surface area (Å²) in [7, 11) is 0. The minimum atomic E-state index is -0.709. The minimum absolute atomic E-state index is 0.0185. The first-order valence-electron chi connectivity index (χ1n) is 3.23. The molecule has 0 fully saturated rings. The Labute approximate surface area is 66.3 Å². The molecule has 0 atom stereocenters. The molecule has 0 saturated heterocycles. The van der Waals surface area contributed by atoms with Gasteiger partial charge < -0.3 is 13.9 Å². The molecule has 0 aliphatic carbocycles.